The van der Waals surface area contributed by atoms with Gasteiger partial charge in [-0.2, -0.15) is 0 Å². The number of ether oxygens (including phenoxy) is 2. The standard InChI is InChI=1S/C29H32BrN3O6S/c1-33(2)32-28(35)29(17-20-40(36,37)23-9-4-3-5-10-23)26(24-11-6-7-12-25(24)30)39-27(31-29)21-13-15-22(16-14-21)38-19-8-18-34/h3-7,9-16,26,34H,8,17-20H2,1-2H3,(H,32,35)/t26-,29-/m0/s1. The summed E-state index contributed by atoms with van der Waals surface area (Å²) in [6.45, 7) is 0.414. The molecule has 0 unspecified atom stereocenters. The number of carbonyl (C=O) groups excluding carboxylic acids is 1. The van der Waals surface area contributed by atoms with Crippen LogP contribution in [-0.2, 0) is 19.4 Å². The number of hydrogen-bond donors (Lipinski definition) is 2. The van der Waals surface area contributed by atoms with Crippen molar-refractivity contribution in [3.05, 3.63) is 94.5 Å². The molecule has 0 saturated heterocycles. The number of sulfone groups is 1. The second-order valence-corrected chi connectivity index (χ2v) is 12.5. The molecule has 1 amide bonds. The van der Waals surface area contributed by atoms with Crippen LogP contribution in [0.5, 0.6) is 5.75 Å². The maximum absolute atomic E-state index is 13.9. The summed E-state index contributed by atoms with van der Waals surface area (Å²) in [6.07, 6.45) is -0.521. The van der Waals surface area contributed by atoms with Crippen LogP contribution in [0.1, 0.15) is 30.1 Å². The van der Waals surface area contributed by atoms with E-state index < -0.39 is 27.4 Å². The van der Waals surface area contributed by atoms with Crippen molar-refractivity contribution in [3.8, 4) is 5.75 Å². The third-order valence-electron chi connectivity index (χ3n) is 6.40. The smallest absolute Gasteiger partial charge is 0.266 e. The number of hydrazine groups is 1. The molecular formula is C29H32BrN3O6S. The Hall–Kier alpha value is -3.25. The molecule has 40 heavy (non-hydrogen) atoms. The summed E-state index contributed by atoms with van der Waals surface area (Å²) in [5.41, 5.74) is 2.46. The largest absolute Gasteiger partial charge is 0.494 e. The Morgan fingerprint density at radius 2 is 1.75 bits per heavy atom. The number of nitrogens with one attached hydrogen (secondary N) is 1. The summed E-state index contributed by atoms with van der Waals surface area (Å²) in [5, 5.41) is 10.5. The molecule has 1 aliphatic heterocycles. The number of aliphatic hydroxyl groups is 1. The Labute approximate surface area is 242 Å². The topological polar surface area (TPSA) is 118 Å². The highest BCUT2D eigenvalue weighted by molar-refractivity contribution is 9.10. The van der Waals surface area contributed by atoms with E-state index in [-0.39, 0.29) is 29.6 Å². The first-order valence-corrected chi connectivity index (χ1v) is 15.2. The van der Waals surface area contributed by atoms with E-state index >= 15 is 0 Å². The molecule has 3 aromatic rings. The maximum Gasteiger partial charge on any atom is 0.266 e. The van der Waals surface area contributed by atoms with Gasteiger partial charge in [0.2, 0.25) is 5.90 Å². The zero-order valence-corrected chi connectivity index (χ0v) is 24.7. The molecule has 0 radical (unpaired) electrons. The van der Waals surface area contributed by atoms with Crippen LogP contribution in [0, 0.1) is 0 Å². The van der Waals surface area contributed by atoms with E-state index in [0.29, 0.717) is 34.4 Å². The average molecular weight is 631 g/mol. The van der Waals surface area contributed by atoms with Crippen LogP contribution < -0.4 is 10.2 Å². The first kappa shape index (κ1) is 29.7. The summed E-state index contributed by atoms with van der Waals surface area (Å²) >= 11 is 3.58. The van der Waals surface area contributed by atoms with Crippen molar-refractivity contribution in [2.24, 2.45) is 4.99 Å². The zero-order valence-electron chi connectivity index (χ0n) is 22.3. The highest BCUT2D eigenvalue weighted by Gasteiger charge is 2.54. The molecule has 0 aromatic heterocycles. The molecule has 1 heterocycles. The van der Waals surface area contributed by atoms with Gasteiger partial charge in [0.1, 0.15) is 5.75 Å². The molecule has 2 atom stereocenters. The van der Waals surface area contributed by atoms with Gasteiger partial charge < -0.3 is 14.6 Å². The first-order valence-electron chi connectivity index (χ1n) is 12.8. The lowest BCUT2D eigenvalue weighted by Crippen LogP contribution is -2.53. The van der Waals surface area contributed by atoms with Gasteiger partial charge >= 0.3 is 0 Å². The fourth-order valence-electron chi connectivity index (χ4n) is 4.37. The molecule has 9 nitrogen and oxygen atoms in total. The van der Waals surface area contributed by atoms with E-state index in [2.05, 4.69) is 21.4 Å². The van der Waals surface area contributed by atoms with Crippen molar-refractivity contribution in [1.29, 1.82) is 0 Å². The number of halogens is 1. The average Bonchev–Trinajstić information content (AvgIpc) is 3.34. The number of aliphatic imine (C=N–C) groups is 1. The summed E-state index contributed by atoms with van der Waals surface area (Å²) in [4.78, 5) is 18.9. The fraction of sp³-hybridized carbons (Fsp3) is 0.310. The summed E-state index contributed by atoms with van der Waals surface area (Å²) in [6, 6.07) is 22.5. The van der Waals surface area contributed by atoms with Gasteiger partial charge in [0, 0.05) is 49.1 Å². The predicted molar refractivity (Wildman–Crippen MR) is 156 cm³/mol. The van der Waals surface area contributed by atoms with Crippen LogP contribution in [0.2, 0.25) is 0 Å². The lowest BCUT2D eigenvalue weighted by atomic mass is 9.85. The number of aliphatic hydroxyl groups excluding tert-OH is 1. The number of benzene rings is 3. The molecule has 0 aliphatic carbocycles. The lowest BCUT2D eigenvalue weighted by molar-refractivity contribution is -0.133. The fourth-order valence-corrected chi connectivity index (χ4v) is 6.25. The Morgan fingerprint density at radius 3 is 2.40 bits per heavy atom. The number of carbonyl (C=O) groups is 1. The van der Waals surface area contributed by atoms with Crippen molar-refractivity contribution < 1.29 is 27.8 Å². The van der Waals surface area contributed by atoms with Gasteiger partial charge in [-0.15, -0.1) is 0 Å². The molecule has 11 heteroatoms. The van der Waals surface area contributed by atoms with Crippen molar-refractivity contribution in [2.45, 2.75) is 29.4 Å². The Morgan fingerprint density at radius 1 is 1.07 bits per heavy atom. The lowest BCUT2D eigenvalue weighted by Gasteiger charge is -2.32. The minimum atomic E-state index is -3.73. The normalized spacial score (nSPS) is 18.7. The van der Waals surface area contributed by atoms with Gasteiger partial charge in [0.25, 0.3) is 5.91 Å². The summed E-state index contributed by atoms with van der Waals surface area (Å²) in [7, 11) is -0.374. The summed E-state index contributed by atoms with van der Waals surface area (Å²) in [5.74, 6) is 0.0224. The van der Waals surface area contributed by atoms with Crippen LogP contribution >= 0.6 is 15.9 Å². The van der Waals surface area contributed by atoms with Crippen LogP contribution in [0.3, 0.4) is 0 Å². The highest BCUT2D eigenvalue weighted by Crippen LogP contribution is 2.45. The van der Waals surface area contributed by atoms with E-state index in [1.54, 1.807) is 56.6 Å². The van der Waals surface area contributed by atoms with Gasteiger partial charge in [-0.1, -0.05) is 52.3 Å². The highest BCUT2D eigenvalue weighted by atomic mass is 79.9. The number of hydrogen-bond acceptors (Lipinski definition) is 8. The minimum Gasteiger partial charge on any atom is -0.494 e. The van der Waals surface area contributed by atoms with Crippen LogP contribution in [0.4, 0.5) is 0 Å². The van der Waals surface area contributed by atoms with Gasteiger partial charge in [-0.3, -0.25) is 10.2 Å². The SMILES string of the molecule is CN(C)NC(=O)[C@@]1(CCS(=O)(=O)c2ccccc2)N=C(c2ccc(OCCCO)cc2)O[C@H]1c1ccccc1Br. The van der Waals surface area contributed by atoms with E-state index in [0.717, 1.165) is 0 Å². The van der Waals surface area contributed by atoms with Gasteiger partial charge in [-0.25, -0.2) is 18.4 Å². The van der Waals surface area contributed by atoms with Crippen molar-refractivity contribution in [3.63, 3.8) is 0 Å². The quantitative estimate of drug-likeness (QED) is 0.230. The van der Waals surface area contributed by atoms with Crippen LogP contribution in [-0.4, -0.2) is 68.9 Å². The van der Waals surface area contributed by atoms with Crippen molar-refractivity contribution >= 4 is 37.6 Å². The molecule has 4 rings (SSSR count). The number of nitrogens with zero attached hydrogens (tertiary/aromatic N) is 2. The molecular weight excluding hydrogens is 598 g/mol. The van der Waals surface area contributed by atoms with Gasteiger partial charge in [0.15, 0.2) is 21.5 Å². The van der Waals surface area contributed by atoms with Crippen molar-refractivity contribution in [2.75, 3.05) is 33.1 Å². The van der Waals surface area contributed by atoms with Crippen molar-refractivity contribution in [1.82, 2.24) is 10.4 Å². The second kappa shape index (κ2) is 12.9. The first-order chi connectivity index (χ1) is 19.2. The monoisotopic (exact) mass is 629 g/mol. The predicted octanol–water partition coefficient (Wildman–Crippen LogP) is 3.92. The third-order valence-corrected chi connectivity index (χ3v) is 8.85. The Balaban J connectivity index is 1.77. The second-order valence-electron chi connectivity index (χ2n) is 9.53. The molecule has 1 aliphatic rings. The maximum atomic E-state index is 13.9. The van der Waals surface area contributed by atoms with E-state index in [1.807, 2.05) is 24.3 Å². The Kier molecular flexibility index (Phi) is 9.62. The number of rotatable bonds is 12. The molecule has 2 N–H and O–H groups in total. The molecule has 0 saturated carbocycles. The molecule has 212 valence electrons. The third kappa shape index (κ3) is 6.72. The molecule has 3 aromatic carbocycles. The molecule has 0 spiro atoms. The van der Waals surface area contributed by atoms with Gasteiger partial charge in [0.05, 0.1) is 17.3 Å². The zero-order chi connectivity index (χ0) is 28.8. The minimum absolute atomic E-state index is 0.0379. The van der Waals surface area contributed by atoms with E-state index in [4.69, 9.17) is 19.6 Å². The van der Waals surface area contributed by atoms with E-state index in [1.165, 1.54) is 17.1 Å². The summed E-state index contributed by atoms with van der Waals surface area (Å²) < 4.78 is 39.4. The van der Waals surface area contributed by atoms with Crippen LogP contribution in [0.15, 0.2) is 93.2 Å². The van der Waals surface area contributed by atoms with E-state index in [9.17, 15) is 13.2 Å². The molecule has 0 fully saturated rings. The molecule has 0 bridgehead atoms. The van der Waals surface area contributed by atoms with Gasteiger partial charge in [-0.05, 0) is 42.5 Å². The Bertz CT molecular complexity index is 1450. The number of amides is 1. The van der Waals surface area contributed by atoms with Crippen LogP contribution in [0.25, 0.3) is 0 Å².